The molecule has 3 amide bonds. The molecule has 1 aliphatic rings. The quantitative estimate of drug-likeness (QED) is 0.755. The van der Waals surface area contributed by atoms with Gasteiger partial charge < -0.3 is 10.1 Å². The molecule has 1 fully saturated rings. The van der Waals surface area contributed by atoms with Crippen molar-refractivity contribution in [3.8, 4) is 0 Å². The fourth-order valence-electron chi connectivity index (χ4n) is 2.31. The topological polar surface area (TPSA) is 79.5 Å². The third kappa shape index (κ3) is 4.54. The van der Waals surface area contributed by atoms with Crippen LogP contribution in [0.5, 0.6) is 0 Å². The summed E-state index contributed by atoms with van der Waals surface area (Å²) in [6.07, 6.45) is 2.17. The summed E-state index contributed by atoms with van der Waals surface area (Å²) in [6, 6.07) is 8.24. The lowest BCUT2D eigenvalue weighted by Gasteiger charge is -2.20. The predicted octanol–water partition coefficient (Wildman–Crippen LogP) is 0.952. The van der Waals surface area contributed by atoms with Gasteiger partial charge in [-0.05, 0) is 18.4 Å². The van der Waals surface area contributed by atoms with E-state index in [1.165, 1.54) is 7.05 Å². The zero-order chi connectivity index (χ0) is 15.1. The average molecular weight is 291 g/mol. The van der Waals surface area contributed by atoms with Crippen molar-refractivity contribution in [2.45, 2.75) is 25.0 Å². The number of imide groups is 1. The second-order valence-electron chi connectivity index (χ2n) is 4.96. The lowest BCUT2D eigenvalue weighted by molar-refractivity contribution is -0.122. The van der Waals surface area contributed by atoms with Crippen LogP contribution in [-0.4, -0.2) is 38.2 Å². The lowest BCUT2D eigenvalue weighted by Crippen LogP contribution is -2.45. The van der Waals surface area contributed by atoms with Crippen molar-refractivity contribution < 1.29 is 14.3 Å². The van der Waals surface area contributed by atoms with Crippen LogP contribution in [0.25, 0.3) is 0 Å². The Kier molecular flexibility index (Phi) is 5.71. The molecule has 1 saturated heterocycles. The minimum absolute atomic E-state index is 0.129. The van der Waals surface area contributed by atoms with Gasteiger partial charge in [0.25, 0.3) is 0 Å². The van der Waals surface area contributed by atoms with Crippen molar-refractivity contribution in [2.24, 2.45) is 0 Å². The van der Waals surface area contributed by atoms with Gasteiger partial charge in [-0.15, -0.1) is 0 Å². The van der Waals surface area contributed by atoms with Crippen LogP contribution >= 0.6 is 0 Å². The molecule has 2 rings (SSSR count). The van der Waals surface area contributed by atoms with Gasteiger partial charge in [-0.3, -0.25) is 15.4 Å². The van der Waals surface area contributed by atoms with Gasteiger partial charge in [-0.2, -0.15) is 0 Å². The summed E-state index contributed by atoms with van der Waals surface area (Å²) < 4.78 is 5.55. The highest BCUT2D eigenvalue weighted by Crippen LogP contribution is 2.16. The number of carbonyl (C=O) groups excluding carboxylic acids is 2. The number of hydrogen-bond acceptors (Lipinski definition) is 4. The van der Waals surface area contributed by atoms with Gasteiger partial charge in [0.15, 0.2) is 0 Å². The Morgan fingerprint density at radius 2 is 2.10 bits per heavy atom. The lowest BCUT2D eigenvalue weighted by atomic mass is 10.1. The molecular weight excluding hydrogens is 270 g/mol. The van der Waals surface area contributed by atoms with Gasteiger partial charge in [0, 0.05) is 20.2 Å². The summed E-state index contributed by atoms with van der Waals surface area (Å²) in [5, 5.41) is 7.88. The summed E-state index contributed by atoms with van der Waals surface area (Å²) in [5.74, 6) is -0.376. The Bertz CT molecular complexity index is 472. The largest absolute Gasteiger partial charge is 0.377 e. The van der Waals surface area contributed by atoms with Crippen molar-refractivity contribution >= 4 is 11.9 Å². The van der Waals surface area contributed by atoms with Crippen molar-refractivity contribution in [1.29, 1.82) is 0 Å². The van der Waals surface area contributed by atoms with Crippen LogP contribution in [0, 0.1) is 0 Å². The minimum Gasteiger partial charge on any atom is -0.377 e. The van der Waals surface area contributed by atoms with E-state index in [1.807, 2.05) is 30.3 Å². The summed E-state index contributed by atoms with van der Waals surface area (Å²) in [5.41, 5.74) is 0.817. The Morgan fingerprint density at radius 1 is 1.33 bits per heavy atom. The van der Waals surface area contributed by atoms with E-state index in [0.717, 1.165) is 25.0 Å². The van der Waals surface area contributed by atoms with Crippen LogP contribution < -0.4 is 16.0 Å². The van der Waals surface area contributed by atoms with Crippen LogP contribution in [0.15, 0.2) is 30.3 Å². The first-order valence-corrected chi connectivity index (χ1v) is 7.13. The number of amides is 3. The molecule has 0 saturated carbocycles. The molecule has 1 heterocycles. The highest BCUT2D eigenvalue weighted by molar-refractivity contribution is 5.97. The number of urea groups is 1. The van der Waals surface area contributed by atoms with Crippen molar-refractivity contribution in [3.05, 3.63) is 35.9 Å². The molecule has 0 unspecified atom stereocenters. The van der Waals surface area contributed by atoms with Crippen LogP contribution in [0.4, 0.5) is 4.79 Å². The highest BCUT2D eigenvalue weighted by Gasteiger charge is 2.24. The predicted molar refractivity (Wildman–Crippen MR) is 78.8 cm³/mol. The first kappa shape index (κ1) is 15.5. The summed E-state index contributed by atoms with van der Waals surface area (Å²) in [6.45, 7) is 1.35. The molecule has 21 heavy (non-hydrogen) atoms. The number of rotatable bonds is 5. The SMILES string of the molecule is CNC(=O)NC(=O)[C@H](NC[C@H]1CCCO1)c1ccccc1. The summed E-state index contributed by atoms with van der Waals surface area (Å²) in [4.78, 5) is 23.6. The fraction of sp³-hybridized carbons (Fsp3) is 0.467. The van der Waals surface area contributed by atoms with Crippen molar-refractivity contribution in [1.82, 2.24) is 16.0 Å². The number of carbonyl (C=O) groups is 2. The van der Waals surface area contributed by atoms with Gasteiger partial charge in [0.05, 0.1) is 6.10 Å². The Hall–Kier alpha value is -1.92. The smallest absolute Gasteiger partial charge is 0.321 e. The molecule has 6 heteroatoms. The molecule has 0 bridgehead atoms. The number of nitrogens with one attached hydrogen (secondary N) is 3. The van der Waals surface area contributed by atoms with Crippen LogP contribution in [0.1, 0.15) is 24.4 Å². The molecule has 3 N–H and O–H groups in total. The molecule has 1 aliphatic heterocycles. The zero-order valence-electron chi connectivity index (χ0n) is 12.1. The van der Waals surface area contributed by atoms with Gasteiger partial charge in [0.2, 0.25) is 5.91 Å². The standard InChI is InChI=1S/C15H21N3O3/c1-16-15(20)18-14(19)13(11-6-3-2-4-7-11)17-10-12-8-5-9-21-12/h2-4,6-7,12-13,17H,5,8-10H2,1H3,(H2,16,18,19,20)/t12-,13-/m1/s1. The van der Waals surface area contributed by atoms with E-state index in [1.54, 1.807) is 0 Å². The van der Waals surface area contributed by atoms with E-state index in [4.69, 9.17) is 4.74 Å². The van der Waals surface area contributed by atoms with E-state index in [0.29, 0.717) is 6.54 Å². The molecule has 0 radical (unpaired) electrons. The second-order valence-corrected chi connectivity index (χ2v) is 4.96. The molecular formula is C15H21N3O3. The molecule has 1 aromatic rings. The maximum absolute atomic E-state index is 12.2. The van der Waals surface area contributed by atoms with Gasteiger partial charge in [-0.1, -0.05) is 30.3 Å². The third-order valence-electron chi connectivity index (χ3n) is 3.43. The maximum atomic E-state index is 12.2. The summed E-state index contributed by atoms with van der Waals surface area (Å²) >= 11 is 0. The maximum Gasteiger partial charge on any atom is 0.321 e. The molecule has 114 valence electrons. The van der Waals surface area contributed by atoms with E-state index in [-0.39, 0.29) is 12.0 Å². The van der Waals surface area contributed by atoms with Crippen LogP contribution in [0.3, 0.4) is 0 Å². The minimum atomic E-state index is -0.576. The van der Waals surface area contributed by atoms with Gasteiger partial charge in [-0.25, -0.2) is 4.79 Å². The molecule has 1 aromatic carbocycles. The number of hydrogen-bond donors (Lipinski definition) is 3. The molecule has 6 nitrogen and oxygen atoms in total. The highest BCUT2D eigenvalue weighted by atomic mass is 16.5. The van der Waals surface area contributed by atoms with E-state index in [9.17, 15) is 9.59 Å². The summed E-state index contributed by atoms with van der Waals surface area (Å²) in [7, 11) is 1.47. The normalized spacial score (nSPS) is 19.0. The van der Waals surface area contributed by atoms with Gasteiger partial charge >= 0.3 is 6.03 Å². The molecule has 0 aliphatic carbocycles. The van der Waals surface area contributed by atoms with Gasteiger partial charge in [0.1, 0.15) is 6.04 Å². The van der Waals surface area contributed by atoms with E-state index in [2.05, 4.69) is 16.0 Å². The third-order valence-corrected chi connectivity index (χ3v) is 3.43. The van der Waals surface area contributed by atoms with Crippen molar-refractivity contribution in [3.63, 3.8) is 0 Å². The Balaban J connectivity index is 2.02. The van der Waals surface area contributed by atoms with E-state index >= 15 is 0 Å². The van der Waals surface area contributed by atoms with E-state index < -0.39 is 12.1 Å². The Labute approximate surface area is 124 Å². The van der Waals surface area contributed by atoms with Crippen molar-refractivity contribution in [2.75, 3.05) is 20.2 Å². The Morgan fingerprint density at radius 3 is 2.71 bits per heavy atom. The number of ether oxygens (including phenoxy) is 1. The number of benzene rings is 1. The average Bonchev–Trinajstić information content (AvgIpc) is 3.01. The first-order valence-electron chi connectivity index (χ1n) is 7.13. The zero-order valence-corrected chi connectivity index (χ0v) is 12.1. The first-order chi connectivity index (χ1) is 10.2. The van der Waals surface area contributed by atoms with Crippen LogP contribution in [-0.2, 0) is 9.53 Å². The molecule has 0 aromatic heterocycles. The fourth-order valence-corrected chi connectivity index (χ4v) is 2.31. The monoisotopic (exact) mass is 291 g/mol. The molecule has 0 spiro atoms. The molecule has 2 atom stereocenters. The van der Waals surface area contributed by atoms with Crippen LogP contribution in [0.2, 0.25) is 0 Å². The second kappa shape index (κ2) is 7.75.